The molecular formula is C25H24N2O2. The van der Waals surface area contributed by atoms with E-state index in [1.165, 1.54) is 11.1 Å². The van der Waals surface area contributed by atoms with Gasteiger partial charge in [0.25, 0.3) is 0 Å². The van der Waals surface area contributed by atoms with Crippen molar-refractivity contribution in [1.82, 2.24) is 0 Å². The molecule has 1 aromatic heterocycles. The topological polar surface area (TPSA) is 54.3 Å². The number of allylic oxidation sites excluding steroid dienone is 1. The minimum absolute atomic E-state index is 0.170. The van der Waals surface area contributed by atoms with Crippen molar-refractivity contribution in [2.45, 2.75) is 38.6 Å². The molecular weight excluding hydrogens is 360 g/mol. The molecule has 0 spiro atoms. The number of carbonyl (C=O) groups is 1. The van der Waals surface area contributed by atoms with Crippen molar-refractivity contribution in [2.24, 2.45) is 0 Å². The quantitative estimate of drug-likeness (QED) is 0.580. The monoisotopic (exact) mass is 384 g/mol. The molecule has 0 saturated carbocycles. The molecule has 2 N–H and O–H groups in total. The number of fused-ring (bicyclic) bond motifs is 1. The highest BCUT2D eigenvalue weighted by Gasteiger charge is 2.37. The molecule has 146 valence electrons. The molecule has 29 heavy (non-hydrogen) atoms. The number of ketones is 1. The predicted octanol–water partition coefficient (Wildman–Crippen LogP) is 5.88. The molecule has 5 rings (SSSR count). The van der Waals surface area contributed by atoms with Crippen LogP contribution < -0.4 is 10.6 Å². The van der Waals surface area contributed by atoms with Gasteiger partial charge in [0.1, 0.15) is 17.6 Å². The van der Waals surface area contributed by atoms with Crippen molar-refractivity contribution in [1.29, 1.82) is 0 Å². The Hall–Kier alpha value is -3.27. The fraction of sp³-hybridized carbons (Fsp3) is 0.240. The van der Waals surface area contributed by atoms with Gasteiger partial charge >= 0.3 is 0 Å². The smallest absolute Gasteiger partial charge is 0.163 e. The molecule has 2 heterocycles. The van der Waals surface area contributed by atoms with Crippen LogP contribution in [0.15, 0.2) is 76.4 Å². The van der Waals surface area contributed by atoms with Crippen molar-refractivity contribution in [2.75, 3.05) is 10.6 Å². The lowest BCUT2D eigenvalue weighted by atomic mass is 9.79. The van der Waals surface area contributed by atoms with Gasteiger partial charge < -0.3 is 15.1 Å². The fourth-order valence-electron chi connectivity index (χ4n) is 4.39. The van der Waals surface area contributed by atoms with Crippen molar-refractivity contribution >= 4 is 17.2 Å². The summed E-state index contributed by atoms with van der Waals surface area (Å²) in [5.41, 5.74) is 6.19. The highest BCUT2D eigenvalue weighted by molar-refractivity contribution is 6.01. The molecule has 0 unspecified atom stereocenters. The first-order valence-corrected chi connectivity index (χ1v) is 10.1. The zero-order valence-corrected chi connectivity index (χ0v) is 16.7. The van der Waals surface area contributed by atoms with Crippen LogP contribution in [0.2, 0.25) is 0 Å². The molecule has 0 radical (unpaired) electrons. The Morgan fingerprint density at radius 1 is 0.897 bits per heavy atom. The molecule has 2 aliphatic rings. The molecule has 0 amide bonds. The molecule has 0 saturated heterocycles. The van der Waals surface area contributed by atoms with Crippen LogP contribution >= 0.6 is 0 Å². The molecule has 2 aromatic carbocycles. The van der Waals surface area contributed by atoms with Crippen molar-refractivity contribution in [3.63, 3.8) is 0 Å². The second-order valence-corrected chi connectivity index (χ2v) is 8.03. The first-order chi connectivity index (χ1) is 14.1. The number of para-hydroxylation sites is 2. The van der Waals surface area contributed by atoms with Crippen LogP contribution in [0.5, 0.6) is 0 Å². The van der Waals surface area contributed by atoms with Gasteiger partial charge in [-0.1, -0.05) is 42.0 Å². The third kappa shape index (κ3) is 3.25. The lowest BCUT2D eigenvalue weighted by molar-refractivity contribution is -0.116. The van der Waals surface area contributed by atoms with E-state index < -0.39 is 0 Å². The fourth-order valence-corrected chi connectivity index (χ4v) is 4.39. The number of carbonyl (C=O) groups excluding carboxylic acids is 1. The van der Waals surface area contributed by atoms with Gasteiger partial charge in [-0.05, 0) is 56.0 Å². The van der Waals surface area contributed by atoms with Gasteiger partial charge in [0.05, 0.1) is 11.4 Å². The second-order valence-electron chi connectivity index (χ2n) is 8.03. The maximum absolute atomic E-state index is 13.4. The van der Waals surface area contributed by atoms with Crippen molar-refractivity contribution < 1.29 is 9.21 Å². The van der Waals surface area contributed by atoms with Crippen LogP contribution in [0.25, 0.3) is 0 Å². The zero-order chi connectivity index (χ0) is 20.0. The van der Waals surface area contributed by atoms with Gasteiger partial charge in [-0.3, -0.25) is 4.79 Å². The molecule has 4 nitrogen and oxygen atoms in total. The highest BCUT2D eigenvalue weighted by atomic mass is 16.3. The summed E-state index contributed by atoms with van der Waals surface area (Å²) in [6.07, 6.45) is 1.31. The van der Waals surface area contributed by atoms with Gasteiger partial charge in [-0.15, -0.1) is 0 Å². The summed E-state index contributed by atoms with van der Waals surface area (Å²) in [6, 6.07) is 20.2. The van der Waals surface area contributed by atoms with E-state index >= 15 is 0 Å². The van der Waals surface area contributed by atoms with Crippen LogP contribution in [-0.4, -0.2) is 5.78 Å². The minimum atomic E-state index is -0.290. The van der Waals surface area contributed by atoms with E-state index in [1.54, 1.807) is 0 Å². The lowest BCUT2D eigenvalue weighted by Gasteiger charge is -2.29. The SMILES string of the molecule is Cc1ccc([C@H]2CC(=O)C3=C(C2)Nc2ccccc2N[C@@H]3c2ccc(C)o2)cc1. The van der Waals surface area contributed by atoms with Gasteiger partial charge in [0, 0.05) is 17.7 Å². The van der Waals surface area contributed by atoms with Gasteiger partial charge in [-0.25, -0.2) is 0 Å². The number of rotatable bonds is 2. The predicted molar refractivity (Wildman–Crippen MR) is 115 cm³/mol. The van der Waals surface area contributed by atoms with Gasteiger partial charge in [-0.2, -0.15) is 0 Å². The van der Waals surface area contributed by atoms with Gasteiger partial charge in [0.15, 0.2) is 5.78 Å². The number of benzene rings is 2. The minimum Gasteiger partial charge on any atom is -0.464 e. The van der Waals surface area contributed by atoms with E-state index in [4.69, 9.17) is 4.42 Å². The Kier molecular flexibility index (Phi) is 4.27. The maximum atomic E-state index is 13.4. The number of furan rings is 1. The van der Waals surface area contributed by atoms with Crippen LogP contribution in [0, 0.1) is 13.8 Å². The summed E-state index contributed by atoms with van der Waals surface area (Å²) in [4.78, 5) is 13.4. The molecule has 0 fully saturated rings. The van der Waals surface area contributed by atoms with Gasteiger partial charge in [0.2, 0.25) is 0 Å². The number of nitrogens with one attached hydrogen (secondary N) is 2. The summed E-state index contributed by atoms with van der Waals surface area (Å²) in [7, 11) is 0. The summed E-state index contributed by atoms with van der Waals surface area (Å²) < 4.78 is 5.94. The summed E-state index contributed by atoms with van der Waals surface area (Å²) in [5.74, 6) is 1.97. The van der Waals surface area contributed by atoms with Crippen LogP contribution in [0.4, 0.5) is 11.4 Å². The van der Waals surface area contributed by atoms with E-state index in [-0.39, 0.29) is 17.7 Å². The van der Waals surface area contributed by atoms with E-state index in [1.807, 2.05) is 43.3 Å². The van der Waals surface area contributed by atoms with Crippen molar-refractivity contribution in [3.05, 3.63) is 94.6 Å². The number of aryl methyl sites for hydroxylation is 2. The Balaban J connectivity index is 1.60. The zero-order valence-electron chi connectivity index (χ0n) is 16.7. The Morgan fingerprint density at radius 2 is 1.66 bits per heavy atom. The largest absolute Gasteiger partial charge is 0.464 e. The van der Waals surface area contributed by atoms with Crippen molar-refractivity contribution in [3.8, 4) is 0 Å². The Bertz CT molecular complexity index is 1110. The van der Waals surface area contributed by atoms with E-state index in [0.29, 0.717) is 6.42 Å². The molecule has 0 bridgehead atoms. The maximum Gasteiger partial charge on any atom is 0.163 e. The normalized spacial score (nSPS) is 21.0. The molecule has 1 aliphatic carbocycles. The summed E-state index contributed by atoms with van der Waals surface area (Å²) >= 11 is 0. The van der Waals surface area contributed by atoms with E-state index in [2.05, 4.69) is 41.8 Å². The average molecular weight is 384 g/mol. The standard InChI is InChI=1S/C25H24N2O2/c1-15-7-10-17(11-8-15)18-13-21-24(22(28)14-18)25(23-12-9-16(2)29-23)27-20-6-4-3-5-19(20)26-21/h3-12,18,25-27H,13-14H2,1-2H3/t18-,25-/m1/s1. The highest BCUT2D eigenvalue weighted by Crippen LogP contribution is 2.44. The van der Waals surface area contributed by atoms with Crippen LogP contribution in [-0.2, 0) is 4.79 Å². The third-order valence-electron chi connectivity index (χ3n) is 5.90. The molecule has 4 heteroatoms. The molecule has 2 atom stereocenters. The summed E-state index contributed by atoms with van der Waals surface area (Å²) in [6.45, 7) is 4.01. The molecule has 1 aliphatic heterocycles. The molecule has 3 aromatic rings. The number of anilines is 2. The number of hydrogen-bond donors (Lipinski definition) is 2. The Morgan fingerprint density at radius 3 is 2.38 bits per heavy atom. The van der Waals surface area contributed by atoms with E-state index in [9.17, 15) is 4.79 Å². The first-order valence-electron chi connectivity index (χ1n) is 10.1. The third-order valence-corrected chi connectivity index (χ3v) is 5.90. The lowest BCUT2D eigenvalue weighted by Crippen LogP contribution is -2.26. The van der Waals surface area contributed by atoms with Crippen LogP contribution in [0.1, 0.15) is 47.4 Å². The first kappa shape index (κ1) is 17.8. The Labute approximate surface area is 170 Å². The van der Waals surface area contributed by atoms with E-state index in [0.717, 1.165) is 40.6 Å². The second kappa shape index (κ2) is 6.96. The summed E-state index contributed by atoms with van der Waals surface area (Å²) in [5, 5.41) is 7.11. The number of Topliss-reactive ketones (excluding diaryl/α,β-unsaturated/α-hetero) is 1. The average Bonchev–Trinajstić information content (AvgIpc) is 3.06. The van der Waals surface area contributed by atoms with Crippen LogP contribution in [0.3, 0.4) is 0 Å². The number of hydrogen-bond acceptors (Lipinski definition) is 4.